The summed E-state index contributed by atoms with van der Waals surface area (Å²) in [5, 5.41) is 22.1. The van der Waals surface area contributed by atoms with Crippen LogP contribution in [0.3, 0.4) is 0 Å². The van der Waals surface area contributed by atoms with Crippen molar-refractivity contribution in [2.45, 2.75) is 64.6 Å². The first-order chi connectivity index (χ1) is 19.2. The Kier molecular flexibility index (Phi) is 9.81. The number of rotatable bonds is 9. The van der Waals surface area contributed by atoms with Crippen molar-refractivity contribution in [2.75, 3.05) is 32.1 Å². The first-order valence-electron chi connectivity index (χ1n) is 14.2. The van der Waals surface area contributed by atoms with Crippen LogP contribution < -0.4 is 10.1 Å². The third-order valence-corrected chi connectivity index (χ3v) is 8.05. The molecule has 2 aromatic carbocycles. The van der Waals surface area contributed by atoms with E-state index in [2.05, 4.69) is 10.2 Å². The number of ether oxygens (including phenoxy) is 1. The molecule has 1 saturated carbocycles. The molecule has 2 amide bonds. The number of carbonyl (C=O) groups excluding carboxylic acids is 2. The van der Waals surface area contributed by atoms with Crippen molar-refractivity contribution in [3.63, 3.8) is 0 Å². The van der Waals surface area contributed by atoms with E-state index >= 15 is 0 Å². The number of benzene rings is 2. The Morgan fingerprint density at radius 1 is 1.12 bits per heavy atom. The second-order valence-electron chi connectivity index (χ2n) is 11.4. The van der Waals surface area contributed by atoms with Gasteiger partial charge in [0.1, 0.15) is 11.9 Å². The topological polar surface area (TPSA) is 119 Å². The summed E-state index contributed by atoms with van der Waals surface area (Å²) in [6.45, 7) is 5.27. The minimum Gasteiger partial charge on any atom is -0.488 e. The third-order valence-electron chi connectivity index (χ3n) is 8.05. The van der Waals surface area contributed by atoms with Crippen molar-refractivity contribution in [3.05, 3.63) is 59.2 Å². The SMILES string of the molecule is C[C@@H]1CN([C@@H](C)CO)C(=O)c2cc(NC(=O)C3CCCCC3)ccc2O[C@@H]1CN(C)Cc1ccc(C(=O)O)cc1. The Morgan fingerprint density at radius 2 is 1.82 bits per heavy atom. The number of carbonyl (C=O) groups is 3. The standard InChI is InChI=1S/C31H41N3O6/c1-20-16-34(21(2)19-35)30(37)26-15-25(32-29(36)23-7-5-4-6-8-23)13-14-27(26)40-28(20)18-33(3)17-22-9-11-24(12-10-22)31(38)39/h9-15,20-21,23,28,35H,4-8,16-19H2,1-3H3,(H,32,36)(H,38,39)/t20-,21+,28-/m1/s1. The number of carboxylic acid groups (broad SMARTS) is 1. The zero-order valence-corrected chi connectivity index (χ0v) is 23.6. The largest absolute Gasteiger partial charge is 0.488 e. The van der Waals surface area contributed by atoms with Gasteiger partial charge in [-0.3, -0.25) is 14.5 Å². The summed E-state index contributed by atoms with van der Waals surface area (Å²) in [4.78, 5) is 41.5. The van der Waals surface area contributed by atoms with Gasteiger partial charge in [0.25, 0.3) is 5.91 Å². The van der Waals surface area contributed by atoms with Gasteiger partial charge >= 0.3 is 5.97 Å². The van der Waals surface area contributed by atoms with Gasteiger partial charge in [-0.15, -0.1) is 0 Å². The highest BCUT2D eigenvalue weighted by atomic mass is 16.5. The molecule has 1 fully saturated rings. The van der Waals surface area contributed by atoms with Gasteiger partial charge in [0.2, 0.25) is 5.91 Å². The van der Waals surface area contributed by atoms with E-state index in [9.17, 15) is 19.5 Å². The molecule has 0 unspecified atom stereocenters. The van der Waals surface area contributed by atoms with Crippen LogP contribution in [0.2, 0.25) is 0 Å². The third kappa shape index (κ3) is 7.20. The molecule has 4 rings (SSSR count). The predicted octanol–water partition coefficient (Wildman–Crippen LogP) is 4.26. The van der Waals surface area contributed by atoms with Crippen molar-refractivity contribution in [1.82, 2.24) is 9.80 Å². The summed E-state index contributed by atoms with van der Waals surface area (Å²) in [7, 11) is 1.98. The highest BCUT2D eigenvalue weighted by Crippen LogP contribution is 2.32. The van der Waals surface area contributed by atoms with E-state index in [0.29, 0.717) is 36.6 Å². The van der Waals surface area contributed by atoms with Crippen LogP contribution in [0, 0.1) is 11.8 Å². The maximum atomic E-state index is 13.7. The molecule has 2 aliphatic rings. The molecule has 1 heterocycles. The van der Waals surface area contributed by atoms with E-state index in [4.69, 9.17) is 9.84 Å². The van der Waals surface area contributed by atoms with Crippen LogP contribution in [0.5, 0.6) is 5.75 Å². The molecule has 0 spiro atoms. The average molecular weight is 552 g/mol. The second kappa shape index (κ2) is 13.3. The summed E-state index contributed by atoms with van der Waals surface area (Å²) in [6.07, 6.45) is 4.80. The number of nitrogens with zero attached hydrogens (tertiary/aromatic N) is 2. The summed E-state index contributed by atoms with van der Waals surface area (Å²) in [6, 6.07) is 11.7. The highest BCUT2D eigenvalue weighted by Gasteiger charge is 2.34. The Balaban J connectivity index is 1.54. The zero-order chi connectivity index (χ0) is 28.8. The molecule has 9 nitrogen and oxygen atoms in total. The first-order valence-corrected chi connectivity index (χ1v) is 14.2. The zero-order valence-electron chi connectivity index (χ0n) is 23.6. The van der Waals surface area contributed by atoms with E-state index in [1.165, 1.54) is 6.42 Å². The minimum absolute atomic E-state index is 0.00489. The summed E-state index contributed by atoms with van der Waals surface area (Å²) >= 11 is 0. The summed E-state index contributed by atoms with van der Waals surface area (Å²) < 4.78 is 6.47. The van der Waals surface area contributed by atoms with E-state index < -0.39 is 5.97 Å². The van der Waals surface area contributed by atoms with Crippen LogP contribution in [0.1, 0.15) is 72.2 Å². The maximum absolute atomic E-state index is 13.7. The van der Waals surface area contributed by atoms with E-state index in [0.717, 1.165) is 31.2 Å². The quantitative estimate of drug-likeness (QED) is 0.426. The molecule has 3 N–H and O–H groups in total. The molecule has 2 aromatic rings. The Hall–Kier alpha value is -3.43. The van der Waals surface area contributed by atoms with Gasteiger partial charge in [0.15, 0.2) is 0 Å². The minimum atomic E-state index is -0.955. The highest BCUT2D eigenvalue weighted by molar-refractivity contribution is 6.00. The first kappa shape index (κ1) is 29.6. The number of aliphatic hydroxyl groups is 1. The molecule has 216 valence electrons. The van der Waals surface area contributed by atoms with Crippen molar-refractivity contribution < 1.29 is 29.3 Å². The number of nitrogens with one attached hydrogen (secondary N) is 1. The molecule has 40 heavy (non-hydrogen) atoms. The van der Waals surface area contributed by atoms with Gasteiger partial charge in [-0.05, 0) is 62.7 Å². The number of likely N-dealkylation sites (N-methyl/N-ethyl adjacent to an activating group) is 1. The van der Waals surface area contributed by atoms with Gasteiger partial charge in [-0.1, -0.05) is 38.3 Å². The molecule has 1 aliphatic heterocycles. The molecule has 1 aliphatic carbocycles. The van der Waals surface area contributed by atoms with E-state index in [1.807, 2.05) is 33.0 Å². The Morgan fingerprint density at radius 3 is 2.48 bits per heavy atom. The van der Waals surface area contributed by atoms with Gasteiger partial charge in [-0.2, -0.15) is 0 Å². The number of hydrogen-bond acceptors (Lipinski definition) is 6. The number of fused-ring (bicyclic) bond motifs is 1. The van der Waals surface area contributed by atoms with Gasteiger partial charge in [-0.25, -0.2) is 4.79 Å². The number of anilines is 1. The van der Waals surface area contributed by atoms with Gasteiger partial charge in [0, 0.05) is 37.2 Å². The van der Waals surface area contributed by atoms with Crippen molar-refractivity contribution in [1.29, 1.82) is 0 Å². The van der Waals surface area contributed by atoms with Crippen LogP contribution in [0.25, 0.3) is 0 Å². The van der Waals surface area contributed by atoms with Crippen LogP contribution in [-0.4, -0.2) is 76.7 Å². The van der Waals surface area contributed by atoms with Crippen molar-refractivity contribution in [2.24, 2.45) is 11.8 Å². The molecule has 0 bridgehead atoms. The number of aliphatic hydroxyl groups excluding tert-OH is 1. The molecule has 0 radical (unpaired) electrons. The lowest BCUT2D eigenvalue weighted by Crippen LogP contribution is -2.49. The molecule has 3 atom stereocenters. The summed E-state index contributed by atoms with van der Waals surface area (Å²) in [5.74, 6) is -0.787. The molecule has 9 heteroatoms. The van der Waals surface area contributed by atoms with Gasteiger partial charge < -0.3 is 25.2 Å². The predicted molar refractivity (Wildman–Crippen MR) is 153 cm³/mol. The fourth-order valence-electron chi connectivity index (χ4n) is 5.56. The number of amides is 2. The van der Waals surface area contributed by atoms with Crippen LogP contribution in [0.4, 0.5) is 5.69 Å². The molecule has 0 saturated heterocycles. The molecular weight excluding hydrogens is 510 g/mol. The lowest BCUT2D eigenvalue weighted by molar-refractivity contribution is -0.120. The number of aromatic carboxylic acids is 1. The number of carboxylic acids is 1. The van der Waals surface area contributed by atoms with Crippen LogP contribution >= 0.6 is 0 Å². The molecular formula is C31H41N3O6. The second-order valence-corrected chi connectivity index (χ2v) is 11.4. The Labute approximate surface area is 236 Å². The lowest BCUT2D eigenvalue weighted by Gasteiger charge is -2.38. The van der Waals surface area contributed by atoms with Crippen LogP contribution in [-0.2, 0) is 11.3 Å². The smallest absolute Gasteiger partial charge is 0.335 e. The van der Waals surface area contributed by atoms with Gasteiger partial charge in [0.05, 0.1) is 23.8 Å². The van der Waals surface area contributed by atoms with Crippen molar-refractivity contribution in [3.8, 4) is 5.75 Å². The fourth-order valence-corrected chi connectivity index (χ4v) is 5.56. The fraction of sp³-hybridized carbons (Fsp3) is 0.516. The number of hydrogen-bond donors (Lipinski definition) is 3. The summed E-state index contributed by atoms with van der Waals surface area (Å²) in [5.41, 5.74) is 2.16. The van der Waals surface area contributed by atoms with Crippen molar-refractivity contribution >= 4 is 23.5 Å². The molecule has 0 aromatic heterocycles. The normalized spacial score (nSPS) is 20.7. The van der Waals surface area contributed by atoms with E-state index in [-0.39, 0.29) is 48.0 Å². The maximum Gasteiger partial charge on any atom is 0.335 e. The lowest BCUT2D eigenvalue weighted by atomic mass is 9.88. The van der Waals surface area contributed by atoms with E-state index in [1.54, 1.807) is 35.2 Å². The average Bonchev–Trinajstić information content (AvgIpc) is 2.95. The van der Waals surface area contributed by atoms with Crippen LogP contribution in [0.15, 0.2) is 42.5 Å². The monoisotopic (exact) mass is 551 g/mol. The Bertz CT molecular complexity index is 1190.